The number of nitrogens with one attached hydrogen (secondary N) is 1. The summed E-state index contributed by atoms with van der Waals surface area (Å²) in [6, 6.07) is 0. The number of hydrogen-bond donors (Lipinski definition) is 1. The van der Waals surface area contributed by atoms with Crippen molar-refractivity contribution in [2.45, 2.75) is 12.8 Å². The van der Waals surface area contributed by atoms with Crippen LogP contribution in [-0.2, 0) is 15.0 Å². The highest BCUT2D eigenvalue weighted by atomic mass is 32.2. The van der Waals surface area contributed by atoms with Crippen molar-refractivity contribution in [2.24, 2.45) is 5.92 Å². The Morgan fingerprint density at radius 1 is 1.20 bits per heavy atom. The Balaban J connectivity index is 1.74. The van der Waals surface area contributed by atoms with Crippen molar-refractivity contribution in [3.8, 4) is 0 Å². The molecule has 7 nitrogen and oxygen atoms in total. The van der Waals surface area contributed by atoms with Gasteiger partial charge in [0.1, 0.15) is 0 Å². The highest BCUT2D eigenvalue weighted by Gasteiger charge is 2.30. The summed E-state index contributed by atoms with van der Waals surface area (Å²) in [5.41, 5.74) is 0. The van der Waals surface area contributed by atoms with Gasteiger partial charge in [0.2, 0.25) is 5.91 Å². The van der Waals surface area contributed by atoms with Gasteiger partial charge < -0.3 is 10.2 Å². The van der Waals surface area contributed by atoms with Crippen LogP contribution in [-0.4, -0.2) is 81.2 Å². The fraction of sp³-hybridized carbons (Fsp3) is 0.917. The van der Waals surface area contributed by atoms with E-state index in [1.54, 1.807) is 4.90 Å². The molecule has 0 atom stereocenters. The predicted molar refractivity (Wildman–Crippen MR) is 76.4 cm³/mol. The first-order valence-electron chi connectivity index (χ1n) is 7.07. The van der Waals surface area contributed by atoms with Gasteiger partial charge in [-0.15, -0.1) is 0 Å². The van der Waals surface area contributed by atoms with Crippen LogP contribution in [0, 0.1) is 5.92 Å². The molecule has 1 amide bonds. The third kappa shape index (κ3) is 3.91. The van der Waals surface area contributed by atoms with Gasteiger partial charge in [-0.2, -0.15) is 17.0 Å². The summed E-state index contributed by atoms with van der Waals surface area (Å²) in [6.07, 6.45) is 2.53. The molecule has 116 valence electrons. The molecule has 20 heavy (non-hydrogen) atoms. The van der Waals surface area contributed by atoms with Crippen LogP contribution < -0.4 is 5.32 Å². The topological polar surface area (TPSA) is 73.0 Å². The average molecular weight is 304 g/mol. The first-order chi connectivity index (χ1) is 9.41. The molecule has 1 aliphatic carbocycles. The predicted octanol–water partition coefficient (Wildman–Crippen LogP) is -1.06. The molecular weight excluding hydrogens is 280 g/mol. The van der Waals surface area contributed by atoms with Crippen molar-refractivity contribution in [3.05, 3.63) is 0 Å². The second-order valence-corrected chi connectivity index (χ2v) is 7.79. The van der Waals surface area contributed by atoms with E-state index in [1.807, 2.05) is 0 Å². The molecule has 1 saturated heterocycles. The normalized spacial score (nSPS) is 21.4. The molecule has 2 rings (SSSR count). The lowest BCUT2D eigenvalue weighted by Gasteiger charge is -2.35. The highest BCUT2D eigenvalue weighted by Crippen LogP contribution is 2.27. The summed E-state index contributed by atoms with van der Waals surface area (Å²) in [6.45, 7) is 2.95. The maximum absolute atomic E-state index is 12.0. The molecule has 0 radical (unpaired) electrons. The molecule has 2 aliphatic rings. The molecule has 2 fully saturated rings. The molecule has 1 aliphatic heterocycles. The lowest BCUT2D eigenvalue weighted by molar-refractivity contribution is -0.131. The van der Waals surface area contributed by atoms with E-state index in [2.05, 4.69) is 5.32 Å². The summed E-state index contributed by atoms with van der Waals surface area (Å²) in [7, 11) is -0.311. The minimum absolute atomic E-state index is 0.0625. The van der Waals surface area contributed by atoms with E-state index in [9.17, 15) is 13.2 Å². The number of nitrogens with zero attached hydrogens (tertiary/aromatic N) is 3. The van der Waals surface area contributed by atoms with Crippen LogP contribution in [0.3, 0.4) is 0 Å². The summed E-state index contributed by atoms with van der Waals surface area (Å²) >= 11 is 0. The van der Waals surface area contributed by atoms with Gasteiger partial charge in [0.05, 0.1) is 6.54 Å². The molecule has 8 heteroatoms. The van der Waals surface area contributed by atoms with Crippen molar-refractivity contribution in [2.75, 3.05) is 53.4 Å². The van der Waals surface area contributed by atoms with Gasteiger partial charge in [0, 0.05) is 40.3 Å². The van der Waals surface area contributed by atoms with Gasteiger partial charge in [-0.25, -0.2) is 0 Å². The summed E-state index contributed by atoms with van der Waals surface area (Å²) in [4.78, 5) is 13.7. The van der Waals surface area contributed by atoms with Gasteiger partial charge in [-0.3, -0.25) is 4.79 Å². The van der Waals surface area contributed by atoms with Crippen LogP contribution in [0.2, 0.25) is 0 Å². The summed E-state index contributed by atoms with van der Waals surface area (Å²) < 4.78 is 26.5. The van der Waals surface area contributed by atoms with E-state index in [0.717, 1.165) is 12.5 Å². The highest BCUT2D eigenvalue weighted by molar-refractivity contribution is 7.86. The van der Waals surface area contributed by atoms with Gasteiger partial charge in [0.15, 0.2) is 0 Å². The van der Waals surface area contributed by atoms with Crippen molar-refractivity contribution in [3.63, 3.8) is 0 Å². The molecule has 0 aromatic carbocycles. The van der Waals surface area contributed by atoms with Gasteiger partial charge in [-0.05, 0) is 25.3 Å². The molecule has 1 saturated carbocycles. The van der Waals surface area contributed by atoms with E-state index in [4.69, 9.17) is 0 Å². The Morgan fingerprint density at radius 3 is 2.30 bits per heavy atom. The number of rotatable bonds is 6. The van der Waals surface area contributed by atoms with Crippen LogP contribution in [0.15, 0.2) is 0 Å². The smallest absolute Gasteiger partial charge is 0.281 e. The first-order valence-corrected chi connectivity index (χ1v) is 8.47. The van der Waals surface area contributed by atoms with Crippen molar-refractivity contribution < 1.29 is 13.2 Å². The van der Waals surface area contributed by atoms with Gasteiger partial charge in [0.25, 0.3) is 10.2 Å². The molecule has 1 N–H and O–H groups in total. The quantitative estimate of drug-likeness (QED) is 0.679. The Kier molecular flexibility index (Phi) is 5.00. The van der Waals surface area contributed by atoms with Crippen LogP contribution >= 0.6 is 0 Å². The zero-order valence-electron chi connectivity index (χ0n) is 12.2. The fourth-order valence-electron chi connectivity index (χ4n) is 2.22. The van der Waals surface area contributed by atoms with Crippen molar-refractivity contribution in [1.29, 1.82) is 0 Å². The molecule has 0 aromatic rings. The third-order valence-electron chi connectivity index (χ3n) is 3.79. The SMILES string of the molecule is CN(C)S(=O)(=O)N1CCN(C(=O)CNCC2CC2)CC1. The molecule has 0 unspecified atom stereocenters. The summed E-state index contributed by atoms with van der Waals surface area (Å²) in [5, 5.41) is 3.17. The van der Waals surface area contributed by atoms with Crippen molar-refractivity contribution >= 4 is 16.1 Å². The monoisotopic (exact) mass is 304 g/mol. The lowest BCUT2D eigenvalue weighted by Crippen LogP contribution is -2.54. The van der Waals surface area contributed by atoms with Gasteiger partial charge >= 0.3 is 0 Å². The minimum atomic E-state index is -3.36. The van der Waals surface area contributed by atoms with E-state index in [1.165, 1.54) is 35.5 Å². The number of piperazine rings is 1. The molecule has 1 heterocycles. The number of amides is 1. The van der Waals surface area contributed by atoms with Crippen LogP contribution in [0.4, 0.5) is 0 Å². The molecule has 0 aromatic heterocycles. The largest absolute Gasteiger partial charge is 0.339 e. The Morgan fingerprint density at radius 2 is 1.80 bits per heavy atom. The van der Waals surface area contributed by atoms with E-state index in [-0.39, 0.29) is 5.91 Å². The molecule has 0 bridgehead atoms. The zero-order chi connectivity index (χ0) is 14.8. The Labute approximate surface area is 121 Å². The number of hydrogen-bond acceptors (Lipinski definition) is 4. The maximum atomic E-state index is 12.0. The Hall–Kier alpha value is -0.700. The summed E-state index contributed by atoms with van der Waals surface area (Å²) in [5.74, 6) is 0.817. The minimum Gasteiger partial charge on any atom is -0.339 e. The zero-order valence-corrected chi connectivity index (χ0v) is 13.0. The number of carbonyl (C=O) groups excluding carboxylic acids is 1. The standard InChI is InChI=1S/C12H24N4O3S/c1-14(2)20(18,19)16-7-5-15(6-8-16)12(17)10-13-9-11-3-4-11/h11,13H,3-10H2,1-2H3. The molecule has 0 spiro atoms. The lowest BCUT2D eigenvalue weighted by atomic mass is 10.3. The maximum Gasteiger partial charge on any atom is 0.281 e. The Bertz CT molecular complexity index is 440. The molecular formula is C12H24N4O3S. The first kappa shape index (κ1) is 15.7. The van der Waals surface area contributed by atoms with E-state index >= 15 is 0 Å². The van der Waals surface area contributed by atoms with Crippen LogP contribution in [0.1, 0.15) is 12.8 Å². The second kappa shape index (κ2) is 6.38. The van der Waals surface area contributed by atoms with E-state index in [0.29, 0.717) is 32.7 Å². The van der Waals surface area contributed by atoms with Crippen molar-refractivity contribution in [1.82, 2.24) is 18.8 Å². The van der Waals surface area contributed by atoms with Crippen LogP contribution in [0.5, 0.6) is 0 Å². The fourth-order valence-corrected chi connectivity index (χ4v) is 3.30. The second-order valence-electron chi connectivity index (χ2n) is 5.64. The van der Waals surface area contributed by atoms with Gasteiger partial charge in [-0.1, -0.05) is 0 Å². The van der Waals surface area contributed by atoms with Crippen LogP contribution in [0.25, 0.3) is 0 Å². The third-order valence-corrected chi connectivity index (χ3v) is 5.73. The van der Waals surface area contributed by atoms with E-state index < -0.39 is 10.2 Å². The average Bonchev–Trinajstić information content (AvgIpc) is 3.22. The number of carbonyl (C=O) groups is 1.